The van der Waals surface area contributed by atoms with Crippen molar-refractivity contribution in [1.82, 2.24) is 0 Å². The molecule has 0 fully saturated rings. The zero-order valence-electron chi connectivity index (χ0n) is 15.8. The van der Waals surface area contributed by atoms with Crippen molar-refractivity contribution in [3.05, 3.63) is 89.2 Å². The number of rotatable bonds is 6. The molecule has 0 unspecified atom stereocenters. The first-order valence-corrected chi connectivity index (χ1v) is 8.71. The van der Waals surface area contributed by atoms with Crippen LogP contribution in [0.25, 0.3) is 0 Å². The molecule has 2 aromatic rings. The second kappa shape index (κ2) is 8.07. The topological polar surface area (TPSA) is 74.6 Å². The first-order valence-electron chi connectivity index (χ1n) is 8.71. The average Bonchev–Trinajstić information content (AvgIpc) is 2.61. The standard InChI is InChI=1S/C23H24O4/c1-22(2,3)16-17(20(24)25)14-15-23(21(26)27,18-10-6-4-7-11-18)19-12-8-5-9-13-19/h4-13,15H,16H2,1-3H3,(H,24,25)(H,26,27). The van der Waals surface area contributed by atoms with Crippen molar-refractivity contribution in [3.63, 3.8) is 0 Å². The van der Waals surface area contributed by atoms with Crippen molar-refractivity contribution in [2.45, 2.75) is 32.6 Å². The minimum absolute atomic E-state index is 0.0555. The van der Waals surface area contributed by atoms with Gasteiger partial charge in [-0.2, -0.15) is 0 Å². The van der Waals surface area contributed by atoms with E-state index in [2.05, 4.69) is 5.73 Å². The Balaban J connectivity index is 2.78. The van der Waals surface area contributed by atoms with Crippen LogP contribution in [0.1, 0.15) is 38.3 Å². The fourth-order valence-electron chi connectivity index (χ4n) is 2.96. The van der Waals surface area contributed by atoms with Crippen molar-refractivity contribution < 1.29 is 19.8 Å². The van der Waals surface area contributed by atoms with Gasteiger partial charge in [-0.25, -0.2) is 4.79 Å². The molecule has 0 amide bonds. The highest BCUT2D eigenvalue weighted by molar-refractivity contribution is 5.90. The normalized spacial score (nSPS) is 11.4. The average molecular weight is 364 g/mol. The second-order valence-electron chi connectivity index (χ2n) is 7.66. The summed E-state index contributed by atoms with van der Waals surface area (Å²) in [6.07, 6.45) is 1.65. The highest BCUT2D eigenvalue weighted by atomic mass is 16.4. The van der Waals surface area contributed by atoms with Gasteiger partial charge in [0.1, 0.15) is 5.41 Å². The number of carboxylic acids is 2. The summed E-state index contributed by atoms with van der Waals surface area (Å²) in [5, 5.41) is 19.7. The molecule has 2 rings (SSSR count). The monoisotopic (exact) mass is 364 g/mol. The third-order valence-electron chi connectivity index (χ3n) is 4.22. The number of hydrogen-bond acceptors (Lipinski definition) is 2. The lowest BCUT2D eigenvalue weighted by molar-refractivity contribution is -0.140. The van der Waals surface area contributed by atoms with Crippen molar-refractivity contribution in [3.8, 4) is 0 Å². The zero-order valence-corrected chi connectivity index (χ0v) is 15.8. The summed E-state index contributed by atoms with van der Waals surface area (Å²) in [4.78, 5) is 24.1. The third-order valence-corrected chi connectivity index (χ3v) is 4.22. The maximum atomic E-state index is 12.5. The van der Waals surface area contributed by atoms with E-state index in [0.717, 1.165) is 0 Å². The van der Waals surface area contributed by atoms with Gasteiger partial charge in [0.25, 0.3) is 0 Å². The maximum Gasteiger partial charge on any atom is 0.339 e. The molecular formula is C23H24O4. The van der Waals surface area contributed by atoms with Gasteiger partial charge in [-0.15, -0.1) is 5.73 Å². The minimum Gasteiger partial charge on any atom is -0.480 e. The Morgan fingerprint density at radius 2 is 1.33 bits per heavy atom. The molecule has 0 spiro atoms. The van der Waals surface area contributed by atoms with Gasteiger partial charge < -0.3 is 10.2 Å². The van der Waals surface area contributed by atoms with Crippen LogP contribution in [-0.2, 0) is 15.0 Å². The van der Waals surface area contributed by atoms with Gasteiger partial charge in [0, 0.05) is 0 Å². The van der Waals surface area contributed by atoms with E-state index in [-0.39, 0.29) is 17.4 Å². The summed E-state index contributed by atoms with van der Waals surface area (Å²) in [6.45, 7) is 5.78. The summed E-state index contributed by atoms with van der Waals surface area (Å²) in [7, 11) is 0. The molecule has 2 N–H and O–H groups in total. The summed E-state index contributed by atoms with van der Waals surface area (Å²) in [5.74, 6) is -2.19. The number of hydrogen-bond donors (Lipinski definition) is 2. The van der Waals surface area contributed by atoms with Gasteiger partial charge in [-0.3, -0.25) is 4.79 Å². The molecule has 0 heterocycles. The molecule has 0 bridgehead atoms. The van der Waals surface area contributed by atoms with Crippen molar-refractivity contribution in [2.75, 3.05) is 0 Å². The van der Waals surface area contributed by atoms with E-state index in [1.54, 1.807) is 48.5 Å². The molecule has 4 heteroatoms. The lowest BCUT2D eigenvalue weighted by atomic mass is 9.74. The summed E-state index contributed by atoms with van der Waals surface area (Å²) >= 11 is 0. The maximum absolute atomic E-state index is 12.5. The molecule has 0 saturated heterocycles. The number of carbonyl (C=O) groups is 2. The largest absolute Gasteiger partial charge is 0.480 e. The molecule has 0 radical (unpaired) electrons. The molecule has 0 saturated carbocycles. The second-order valence-corrected chi connectivity index (χ2v) is 7.66. The molecular weight excluding hydrogens is 340 g/mol. The van der Waals surface area contributed by atoms with Crippen LogP contribution < -0.4 is 0 Å². The number of aliphatic carboxylic acids is 2. The van der Waals surface area contributed by atoms with E-state index in [1.165, 1.54) is 6.08 Å². The van der Waals surface area contributed by atoms with Gasteiger partial charge in [-0.05, 0) is 29.0 Å². The lowest BCUT2D eigenvalue weighted by Crippen LogP contribution is -2.35. The van der Waals surface area contributed by atoms with Gasteiger partial charge >= 0.3 is 11.9 Å². The number of carboxylic acid groups (broad SMARTS) is 2. The van der Waals surface area contributed by atoms with Gasteiger partial charge in [0.15, 0.2) is 0 Å². The lowest BCUT2D eigenvalue weighted by Gasteiger charge is -2.27. The third kappa shape index (κ3) is 4.75. The SMILES string of the molecule is CC(C)(C)CC(=C=CC(C(=O)O)(c1ccccc1)c1ccccc1)C(=O)O. The molecule has 0 aromatic heterocycles. The van der Waals surface area contributed by atoms with Gasteiger partial charge in [0.05, 0.1) is 5.57 Å². The van der Waals surface area contributed by atoms with Crippen molar-refractivity contribution >= 4 is 11.9 Å². The van der Waals surface area contributed by atoms with Crippen LogP contribution in [0.15, 0.2) is 78.0 Å². The smallest absolute Gasteiger partial charge is 0.339 e. The Morgan fingerprint density at radius 1 is 0.889 bits per heavy atom. The molecule has 0 aliphatic heterocycles. The Morgan fingerprint density at radius 3 is 1.67 bits per heavy atom. The van der Waals surface area contributed by atoms with Crippen LogP contribution in [-0.4, -0.2) is 22.2 Å². The van der Waals surface area contributed by atoms with Crippen LogP contribution in [0.4, 0.5) is 0 Å². The van der Waals surface area contributed by atoms with Crippen LogP contribution in [0, 0.1) is 5.41 Å². The summed E-state index contributed by atoms with van der Waals surface area (Å²) in [6, 6.07) is 17.6. The first kappa shape index (κ1) is 20.2. The quantitative estimate of drug-likeness (QED) is 0.577. The van der Waals surface area contributed by atoms with Crippen LogP contribution in [0.2, 0.25) is 0 Å². The van der Waals surface area contributed by atoms with Crippen molar-refractivity contribution in [1.29, 1.82) is 0 Å². The Labute approximate surface area is 159 Å². The molecule has 140 valence electrons. The van der Waals surface area contributed by atoms with E-state index in [1.807, 2.05) is 32.9 Å². The Kier molecular flexibility index (Phi) is 6.04. The van der Waals surface area contributed by atoms with Crippen LogP contribution in [0.5, 0.6) is 0 Å². The van der Waals surface area contributed by atoms with E-state index in [4.69, 9.17) is 0 Å². The molecule has 27 heavy (non-hydrogen) atoms. The van der Waals surface area contributed by atoms with Crippen LogP contribution in [0.3, 0.4) is 0 Å². The van der Waals surface area contributed by atoms with E-state index in [0.29, 0.717) is 11.1 Å². The molecule has 0 atom stereocenters. The fourth-order valence-corrected chi connectivity index (χ4v) is 2.96. The molecule has 4 nitrogen and oxygen atoms in total. The predicted octanol–water partition coefficient (Wildman–Crippen LogP) is 4.66. The van der Waals surface area contributed by atoms with Crippen LogP contribution >= 0.6 is 0 Å². The van der Waals surface area contributed by atoms with E-state index >= 15 is 0 Å². The highest BCUT2D eigenvalue weighted by Crippen LogP contribution is 2.34. The van der Waals surface area contributed by atoms with E-state index < -0.39 is 17.4 Å². The summed E-state index contributed by atoms with van der Waals surface area (Å²) in [5.41, 5.74) is 2.15. The number of benzene rings is 2. The Hall–Kier alpha value is -3.10. The highest BCUT2D eigenvalue weighted by Gasteiger charge is 2.40. The van der Waals surface area contributed by atoms with Crippen molar-refractivity contribution in [2.24, 2.45) is 5.41 Å². The zero-order chi connectivity index (χ0) is 20.1. The van der Waals surface area contributed by atoms with Gasteiger partial charge in [0.2, 0.25) is 0 Å². The molecule has 0 aliphatic rings. The van der Waals surface area contributed by atoms with E-state index in [9.17, 15) is 19.8 Å². The predicted molar refractivity (Wildman–Crippen MR) is 105 cm³/mol. The molecule has 0 aliphatic carbocycles. The van der Waals surface area contributed by atoms with Gasteiger partial charge in [-0.1, -0.05) is 81.4 Å². The molecule has 2 aromatic carbocycles. The fraction of sp³-hybridized carbons (Fsp3) is 0.261. The first-order chi connectivity index (χ1) is 12.7. The Bertz CT molecular complexity index is 828. The summed E-state index contributed by atoms with van der Waals surface area (Å²) < 4.78 is 0. The minimum atomic E-state index is -1.53.